The van der Waals surface area contributed by atoms with Crippen molar-refractivity contribution in [3.05, 3.63) is 12.2 Å². The number of allylic oxidation sites excluding steroid dienone is 2. The smallest absolute Gasteiger partial charge is 0.0991 e. The van der Waals surface area contributed by atoms with E-state index in [-0.39, 0.29) is 6.61 Å². The van der Waals surface area contributed by atoms with Gasteiger partial charge in [0.2, 0.25) is 0 Å². The summed E-state index contributed by atoms with van der Waals surface area (Å²) in [6, 6.07) is 0. The molecule has 0 atom stereocenters. The quantitative estimate of drug-likeness (QED) is 0.305. The van der Waals surface area contributed by atoms with Crippen LogP contribution in [0.15, 0.2) is 17.1 Å². The molecule has 24 heavy (non-hydrogen) atoms. The molecule has 1 rings (SSSR count). The molecule has 0 radical (unpaired) electrons. The molecular weight excluding hydrogens is 296 g/mol. The fourth-order valence-corrected chi connectivity index (χ4v) is 3.30. The zero-order chi connectivity index (χ0) is 17.3. The maximum Gasteiger partial charge on any atom is 0.0991 e. The van der Waals surface area contributed by atoms with E-state index in [1.165, 1.54) is 82.9 Å². The lowest BCUT2D eigenvalue weighted by atomic mass is 10.1. The van der Waals surface area contributed by atoms with E-state index in [2.05, 4.69) is 29.0 Å². The van der Waals surface area contributed by atoms with Gasteiger partial charge < -0.3 is 10.0 Å². The molecular formula is C21H40N2O. The summed E-state index contributed by atoms with van der Waals surface area (Å²) in [5.41, 5.74) is 0. The number of β-amino-alcohol motifs (C(OH)–C–C–N with tert-alkyl or cyclic N) is 1. The van der Waals surface area contributed by atoms with E-state index >= 15 is 0 Å². The third-order valence-corrected chi connectivity index (χ3v) is 4.81. The number of amidine groups is 1. The topological polar surface area (TPSA) is 35.8 Å². The van der Waals surface area contributed by atoms with Gasteiger partial charge in [-0.05, 0) is 32.1 Å². The fraction of sp³-hybridized carbons (Fsp3) is 0.857. The number of unbranched alkanes of at least 4 members (excludes halogenated alkanes) is 10. The van der Waals surface area contributed by atoms with Crippen LogP contribution < -0.4 is 0 Å². The summed E-state index contributed by atoms with van der Waals surface area (Å²) in [6.45, 7) is 5.17. The van der Waals surface area contributed by atoms with Gasteiger partial charge in [0.1, 0.15) is 0 Å². The third-order valence-electron chi connectivity index (χ3n) is 4.81. The molecule has 0 aromatic rings. The zero-order valence-corrected chi connectivity index (χ0v) is 16.0. The van der Waals surface area contributed by atoms with Gasteiger partial charge in [0.05, 0.1) is 19.0 Å². The first-order chi connectivity index (χ1) is 11.9. The monoisotopic (exact) mass is 336 g/mol. The highest BCUT2D eigenvalue weighted by Gasteiger charge is 2.14. The van der Waals surface area contributed by atoms with Crippen LogP contribution in [0.1, 0.15) is 90.4 Å². The molecule has 0 aromatic heterocycles. The second-order valence-electron chi connectivity index (χ2n) is 6.99. The minimum absolute atomic E-state index is 0.237. The van der Waals surface area contributed by atoms with Gasteiger partial charge in [-0.1, -0.05) is 64.0 Å². The van der Waals surface area contributed by atoms with E-state index < -0.39 is 0 Å². The van der Waals surface area contributed by atoms with Crippen LogP contribution >= 0.6 is 0 Å². The number of aliphatic imine (C=N–C) groups is 1. The molecule has 0 fully saturated rings. The SMILES string of the molecule is CCCCCCCCCC/C=C/CCCCC1=NCCN1CCO. The first-order valence-electron chi connectivity index (χ1n) is 10.4. The van der Waals surface area contributed by atoms with E-state index in [1.54, 1.807) is 0 Å². The summed E-state index contributed by atoms with van der Waals surface area (Å²) in [4.78, 5) is 6.78. The van der Waals surface area contributed by atoms with Crippen LogP contribution in [0, 0.1) is 0 Å². The van der Waals surface area contributed by atoms with Crippen molar-refractivity contribution in [3.63, 3.8) is 0 Å². The number of hydrogen-bond donors (Lipinski definition) is 1. The number of aliphatic hydroxyl groups excluding tert-OH is 1. The molecule has 1 heterocycles. The van der Waals surface area contributed by atoms with Gasteiger partial charge in [-0.15, -0.1) is 0 Å². The molecule has 0 unspecified atom stereocenters. The van der Waals surface area contributed by atoms with Crippen LogP contribution in [-0.2, 0) is 0 Å². The average Bonchev–Trinajstić information content (AvgIpc) is 3.03. The van der Waals surface area contributed by atoms with Crippen molar-refractivity contribution in [2.24, 2.45) is 4.99 Å². The lowest BCUT2D eigenvalue weighted by molar-refractivity contribution is 0.255. The molecule has 0 aliphatic carbocycles. The first-order valence-corrected chi connectivity index (χ1v) is 10.4. The highest BCUT2D eigenvalue weighted by Crippen LogP contribution is 2.11. The number of aliphatic hydroxyl groups is 1. The van der Waals surface area contributed by atoms with Gasteiger partial charge in [-0.25, -0.2) is 0 Å². The molecule has 3 nitrogen and oxygen atoms in total. The molecule has 0 bridgehead atoms. The Morgan fingerprint density at radius 1 is 0.917 bits per heavy atom. The maximum atomic E-state index is 9.03. The predicted octanol–water partition coefficient (Wildman–Crippen LogP) is 5.34. The van der Waals surface area contributed by atoms with Crippen LogP contribution in [0.5, 0.6) is 0 Å². The molecule has 0 saturated carbocycles. The van der Waals surface area contributed by atoms with Crippen molar-refractivity contribution >= 4 is 5.84 Å². The summed E-state index contributed by atoms with van der Waals surface area (Å²) in [6.07, 6.45) is 22.0. The second kappa shape index (κ2) is 15.7. The van der Waals surface area contributed by atoms with E-state index in [9.17, 15) is 0 Å². The Balaban J connectivity index is 1.85. The van der Waals surface area contributed by atoms with Crippen LogP contribution in [0.2, 0.25) is 0 Å². The van der Waals surface area contributed by atoms with Gasteiger partial charge in [0, 0.05) is 19.5 Å². The summed E-state index contributed by atoms with van der Waals surface area (Å²) in [5.74, 6) is 1.21. The van der Waals surface area contributed by atoms with Crippen LogP contribution in [0.3, 0.4) is 0 Å². The molecule has 0 spiro atoms. The van der Waals surface area contributed by atoms with Crippen molar-refractivity contribution in [1.29, 1.82) is 0 Å². The molecule has 0 saturated heterocycles. The summed E-state index contributed by atoms with van der Waals surface area (Å²) in [7, 11) is 0. The standard InChI is InChI=1S/C21H40N2O/c1-2-3-4-5-6-7-8-9-10-11-12-13-14-15-16-21-22-17-18-23(21)19-20-24/h11-12,24H,2-10,13-20H2,1H3/b12-11+. The number of nitrogens with zero attached hydrogens (tertiary/aromatic N) is 2. The maximum absolute atomic E-state index is 9.03. The van der Waals surface area contributed by atoms with Gasteiger partial charge in [-0.2, -0.15) is 0 Å². The minimum atomic E-state index is 0.237. The summed E-state index contributed by atoms with van der Waals surface area (Å²) < 4.78 is 0. The molecule has 3 heteroatoms. The molecule has 1 aliphatic rings. The molecule has 1 aliphatic heterocycles. The molecule has 0 amide bonds. The predicted molar refractivity (Wildman–Crippen MR) is 106 cm³/mol. The Hall–Kier alpha value is -0.830. The van der Waals surface area contributed by atoms with Crippen molar-refractivity contribution in [3.8, 4) is 0 Å². The van der Waals surface area contributed by atoms with Gasteiger partial charge in [0.15, 0.2) is 0 Å². The Morgan fingerprint density at radius 3 is 2.21 bits per heavy atom. The third kappa shape index (κ3) is 10.9. The van der Waals surface area contributed by atoms with E-state index in [1.807, 2.05) is 0 Å². The minimum Gasteiger partial charge on any atom is -0.395 e. The van der Waals surface area contributed by atoms with Crippen molar-refractivity contribution in [2.75, 3.05) is 26.2 Å². The fourth-order valence-electron chi connectivity index (χ4n) is 3.30. The van der Waals surface area contributed by atoms with Crippen molar-refractivity contribution in [2.45, 2.75) is 90.4 Å². The number of rotatable bonds is 16. The first kappa shape index (κ1) is 21.2. The van der Waals surface area contributed by atoms with Crippen molar-refractivity contribution in [1.82, 2.24) is 4.90 Å². The Morgan fingerprint density at radius 2 is 1.54 bits per heavy atom. The zero-order valence-electron chi connectivity index (χ0n) is 16.0. The van der Waals surface area contributed by atoms with Gasteiger partial charge in [0.25, 0.3) is 0 Å². The lowest BCUT2D eigenvalue weighted by Gasteiger charge is -2.18. The molecule has 0 aromatic carbocycles. The largest absolute Gasteiger partial charge is 0.395 e. The second-order valence-corrected chi connectivity index (χ2v) is 6.99. The normalized spacial score (nSPS) is 14.8. The van der Waals surface area contributed by atoms with Gasteiger partial charge >= 0.3 is 0 Å². The number of hydrogen-bond acceptors (Lipinski definition) is 3. The molecule has 140 valence electrons. The van der Waals surface area contributed by atoms with Crippen LogP contribution in [0.4, 0.5) is 0 Å². The van der Waals surface area contributed by atoms with Crippen LogP contribution in [0.25, 0.3) is 0 Å². The molecule has 1 N–H and O–H groups in total. The average molecular weight is 337 g/mol. The van der Waals surface area contributed by atoms with E-state index in [0.717, 1.165) is 26.1 Å². The highest BCUT2D eigenvalue weighted by atomic mass is 16.3. The van der Waals surface area contributed by atoms with E-state index in [4.69, 9.17) is 5.11 Å². The van der Waals surface area contributed by atoms with E-state index in [0.29, 0.717) is 0 Å². The van der Waals surface area contributed by atoms with Crippen molar-refractivity contribution < 1.29 is 5.11 Å². The summed E-state index contributed by atoms with van der Waals surface area (Å²) in [5, 5.41) is 9.03. The lowest BCUT2D eigenvalue weighted by Crippen LogP contribution is -2.30. The highest BCUT2D eigenvalue weighted by molar-refractivity contribution is 5.83. The van der Waals surface area contributed by atoms with Crippen LogP contribution in [-0.4, -0.2) is 42.1 Å². The Bertz CT molecular complexity index is 339. The Labute approximate surface area is 150 Å². The summed E-state index contributed by atoms with van der Waals surface area (Å²) >= 11 is 0. The Kier molecular flexibility index (Phi) is 13.9. The van der Waals surface area contributed by atoms with Gasteiger partial charge in [-0.3, -0.25) is 4.99 Å².